The molecule has 2 aliphatic heterocycles. The quantitative estimate of drug-likeness (QED) is 0.850. The Morgan fingerprint density at radius 2 is 1.86 bits per heavy atom. The summed E-state index contributed by atoms with van der Waals surface area (Å²) in [6, 6.07) is 15.2. The van der Waals surface area contributed by atoms with E-state index < -0.39 is 5.54 Å². The van der Waals surface area contributed by atoms with Gasteiger partial charge in [0.05, 0.1) is 5.71 Å². The largest absolute Gasteiger partial charge is 0.323 e. The zero-order valence-electron chi connectivity index (χ0n) is 11.1. The minimum atomic E-state index is -0.786. The number of hydrogen-bond donors (Lipinski definition) is 2. The number of halogens is 1. The zero-order valence-corrected chi connectivity index (χ0v) is 11.8. The first-order chi connectivity index (χ1) is 10.2. The highest BCUT2D eigenvalue weighted by Gasteiger charge is 2.50. The molecule has 0 radical (unpaired) electrons. The van der Waals surface area contributed by atoms with Gasteiger partial charge in [-0.15, -0.1) is 0 Å². The first-order valence-electron chi connectivity index (χ1n) is 6.70. The van der Waals surface area contributed by atoms with Crippen LogP contribution in [0, 0.1) is 0 Å². The monoisotopic (exact) mass is 297 g/mol. The van der Waals surface area contributed by atoms with Gasteiger partial charge >= 0.3 is 0 Å². The van der Waals surface area contributed by atoms with Crippen LogP contribution in [-0.4, -0.2) is 11.6 Å². The Morgan fingerprint density at radius 3 is 2.67 bits per heavy atom. The Labute approximate surface area is 126 Å². The molecule has 1 unspecified atom stereocenters. The van der Waals surface area contributed by atoms with E-state index in [9.17, 15) is 4.79 Å². The maximum Gasteiger partial charge on any atom is 0.256 e. The molecule has 0 fully saturated rings. The molecule has 104 valence electrons. The SMILES string of the molecule is O=C1Nc2ccccc2C12CC(c1ccc(Cl)cc1)=NN2. The molecular weight excluding hydrogens is 286 g/mol. The van der Waals surface area contributed by atoms with Crippen LogP contribution in [0.25, 0.3) is 0 Å². The average Bonchev–Trinajstić information content (AvgIpc) is 3.05. The minimum absolute atomic E-state index is 0.0589. The summed E-state index contributed by atoms with van der Waals surface area (Å²) in [6.07, 6.45) is 0.525. The second-order valence-corrected chi connectivity index (χ2v) is 5.70. The lowest BCUT2D eigenvalue weighted by atomic mass is 9.86. The van der Waals surface area contributed by atoms with Gasteiger partial charge in [-0.2, -0.15) is 5.10 Å². The van der Waals surface area contributed by atoms with Crippen LogP contribution in [0.5, 0.6) is 0 Å². The van der Waals surface area contributed by atoms with Crippen LogP contribution in [0.4, 0.5) is 5.69 Å². The third-order valence-electron chi connectivity index (χ3n) is 4.01. The van der Waals surface area contributed by atoms with E-state index in [0.29, 0.717) is 11.4 Å². The Morgan fingerprint density at radius 1 is 1.10 bits per heavy atom. The van der Waals surface area contributed by atoms with Crippen LogP contribution < -0.4 is 10.7 Å². The van der Waals surface area contributed by atoms with Gasteiger partial charge in [-0.05, 0) is 23.8 Å². The Kier molecular flexibility index (Phi) is 2.56. The Bertz CT molecular complexity index is 769. The highest BCUT2D eigenvalue weighted by Crippen LogP contribution is 2.41. The number of fused-ring (bicyclic) bond motifs is 2. The molecule has 0 saturated carbocycles. The van der Waals surface area contributed by atoms with Crippen LogP contribution in [0.3, 0.4) is 0 Å². The second-order valence-electron chi connectivity index (χ2n) is 5.26. The number of rotatable bonds is 1. The fraction of sp³-hybridized carbons (Fsp3) is 0.125. The molecule has 1 spiro atoms. The zero-order chi connectivity index (χ0) is 14.4. The third kappa shape index (κ3) is 1.76. The molecule has 1 atom stereocenters. The maximum absolute atomic E-state index is 12.4. The summed E-state index contributed by atoms with van der Waals surface area (Å²) in [5, 5.41) is 7.98. The van der Waals surface area contributed by atoms with Gasteiger partial charge in [0.2, 0.25) is 0 Å². The van der Waals surface area contributed by atoms with Crippen molar-refractivity contribution in [2.75, 3.05) is 5.32 Å². The fourth-order valence-corrected chi connectivity index (χ4v) is 3.03. The van der Waals surface area contributed by atoms with E-state index >= 15 is 0 Å². The van der Waals surface area contributed by atoms with Gasteiger partial charge in [0.1, 0.15) is 0 Å². The number of hydrogen-bond acceptors (Lipinski definition) is 3. The van der Waals surface area contributed by atoms with Crippen LogP contribution >= 0.6 is 11.6 Å². The van der Waals surface area contributed by atoms with Crippen molar-refractivity contribution in [2.24, 2.45) is 5.10 Å². The number of nitrogens with zero attached hydrogens (tertiary/aromatic N) is 1. The summed E-state index contributed by atoms with van der Waals surface area (Å²) in [4.78, 5) is 12.4. The molecule has 2 heterocycles. The van der Waals surface area contributed by atoms with Crippen LogP contribution in [0.2, 0.25) is 5.02 Å². The topological polar surface area (TPSA) is 53.5 Å². The Hall–Kier alpha value is -2.33. The molecule has 2 aromatic rings. The average molecular weight is 298 g/mol. The van der Waals surface area contributed by atoms with E-state index in [4.69, 9.17) is 11.6 Å². The highest BCUT2D eigenvalue weighted by atomic mass is 35.5. The van der Waals surface area contributed by atoms with E-state index in [0.717, 1.165) is 22.5 Å². The molecule has 5 heteroatoms. The summed E-state index contributed by atoms with van der Waals surface area (Å²) in [7, 11) is 0. The molecule has 1 amide bonds. The number of carbonyl (C=O) groups is 1. The van der Waals surface area contributed by atoms with E-state index in [-0.39, 0.29) is 5.91 Å². The van der Waals surface area contributed by atoms with Crippen molar-refractivity contribution in [1.82, 2.24) is 5.43 Å². The van der Waals surface area contributed by atoms with Crippen molar-refractivity contribution in [3.05, 3.63) is 64.7 Å². The van der Waals surface area contributed by atoms with Gasteiger partial charge in [-0.25, -0.2) is 0 Å². The van der Waals surface area contributed by atoms with Crippen molar-refractivity contribution in [3.63, 3.8) is 0 Å². The van der Waals surface area contributed by atoms with Crippen molar-refractivity contribution >= 4 is 28.9 Å². The lowest BCUT2D eigenvalue weighted by Crippen LogP contribution is -2.42. The molecule has 4 rings (SSSR count). The molecule has 2 aliphatic rings. The second kappa shape index (κ2) is 4.33. The summed E-state index contributed by atoms with van der Waals surface area (Å²) in [5.74, 6) is -0.0589. The predicted octanol–water partition coefficient (Wildman–Crippen LogP) is 2.89. The number of amides is 1. The lowest BCUT2D eigenvalue weighted by Gasteiger charge is -2.20. The predicted molar refractivity (Wildman–Crippen MR) is 82.5 cm³/mol. The number of anilines is 1. The number of para-hydroxylation sites is 1. The van der Waals surface area contributed by atoms with E-state index in [1.165, 1.54) is 0 Å². The van der Waals surface area contributed by atoms with Gasteiger partial charge < -0.3 is 5.32 Å². The minimum Gasteiger partial charge on any atom is -0.323 e. The van der Waals surface area contributed by atoms with Crippen LogP contribution in [0.15, 0.2) is 53.6 Å². The number of benzene rings is 2. The summed E-state index contributed by atoms with van der Waals surface area (Å²) >= 11 is 5.91. The molecule has 0 aliphatic carbocycles. The molecular formula is C16H12ClN3O. The highest BCUT2D eigenvalue weighted by molar-refractivity contribution is 6.30. The first-order valence-corrected chi connectivity index (χ1v) is 7.07. The van der Waals surface area contributed by atoms with E-state index in [1.807, 2.05) is 48.5 Å². The van der Waals surface area contributed by atoms with Crippen molar-refractivity contribution in [1.29, 1.82) is 0 Å². The Balaban J connectivity index is 1.72. The normalized spacial score (nSPS) is 22.7. The molecule has 0 saturated heterocycles. The molecule has 2 aromatic carbocycles. The lowest BCUT2D eigenvalue weighted by molar-refractivity contribution is -0.121. The molecule has 0 aromatic heterocycles. The van der Waals surface area contributed by atoms with Crippen LogP contribution in [0.1, 0.15) is 17.5 Å². The maximum atomic E-state index is 12.4. The molecule has 0 bridgehead atoms. The van der Waals surface area contributed by atoms with E-state index in [2.05, 4.69) is 15.8 Å². The molecule has 21 heavy (non-hydrogen) atoms. The van der Waals surface area contributed by atoms with Gasteiger partial charge in [-0.1, -0.05) is 41.9 Å². The fourth-order valence-electron chi connectivity index (χ4n) is 2.90. The van der Waals surface area contributed by atoms with Gasteiger partial charge in [0, 0.05) is 22.7 Å². The van der Waals surface area contributed by atoms with Gasteiger partial charge in [-0.3, -0.25) is 10.2 Å². The smallest absolute Gasteiger partial charge is 0.256 e. The summed E-state index contributed by atoms with van der Waals surface area (Å²) in [6.45, 7) is 0. The number of nitrogens with one attached hydrogen (secondary N) is 2. The summed E-state index contributed by atoms with van der Waals surface area (Å²) in [5.41, 5.74) is 5.89. The third-order valence-corrected chi connectivity index (χ3v) is 4.27. The van der Waals surface area contributed by atoms with Crippen LogP contribution in [-0.2, 0) is 10.3 Å². The van der Waals surface area contributed by atoms with Gasteiger partial charge in [0.15, 0.2) is 5.54 Å². The standard InChI is InChI=1S/C16H12ClN3O/c17-11-7-5-10(6-8-11)14-9-16(20-19-14)12-3-1-2-4-13(12)18-15(16)21/h1-8,20H,9H2,(H,18,21). The van der Waals surface area contributed by atoms with Crippen molar-refractivity contribution < 1.29 is 4.79 Å². The van der Waals surface area contributed by atoms with Crippen molar-refractivity contribution in [2.45, 2.75) is 12.0 Å². The van der Waals surface area contributed by atoms with Crippen molar-refractivity contribution in [3.8, 4) is 0 Å². The van der Waals surface area contributed by atoms with E-state index in [1.54, 1.807) is 0 Å². The number of hydrazone groups is 1. The first kappa shape index (κ1) is 12.4. The summed E-state index contributed by atoms with van der Waals surface area (Å²) < 4.78 is 0. The molecule has 4 nitrogen and oxygen atoms in total. The molecule has 2 N–H and O–H groups in total. The van der Waals surface area contributed by atoms with Gasteiger partial charge in [0.25, 0.3) is 5.91 Å². The number of carbonyl (C=O) groups excluding carboxylic acids is 1.